The molecule has 0 saturated heterocycles. The average molecular weight is 585 g/mol. The van der Waals surface area contributed by atoms with Crippen LogP contribution in [0.15, 0.2) is 0 Å². The van der Waals surface area contributed by atoms with Crippen LogP contribution in [-0.2, 0) is 9.59 Å². The number of carbonyl (C=O) groups excluding carboxylic acids is 2. The van der Waals surface area contributed by atoms with Gasteiger partial charge in [-0.2, -0.15) is 0 Å². The number of hydrogen-bond donors (Lipinski definition) is 2. The Morgan fingerprint density at radius 2 is 0.463 bits per heavy atom. The molecule has 5 nitrogen and oxygen atoms in total. The van der Waals surface area contributed by atoms with Crippen LogP contribution in [0.3, 0.4) is 0 Å². The minimum atomic E-state index is -0.153. The molecule has 248 valence electrons. The fourth-order valence-electron chi connectivity index (χ4n) is 5.34. The molecule has 0 heterocycles. The molecule has 41 heavy (non-hydrogen) atoms. The Balaban J connectivity index is -0.000000688. The van der Waals surface area contributed by atoms with Crippen LogP contribution in [0.2, 0.25) is 0 Å². The van der Waals surface area contributed by atoms with Gasteiger partial charge in [-0.25, -0.2) is 0 Å². The summed E-state index contributed by atoms with van der Waals surface area (Å²) in [5.41, 5.74) is 10.2. The van der Waals surface area contributed by atoms with Crippen LogP contribution in [0.5, 0.6) is 0 Å². The van der Waals surface area contributed by atoms with Crippen LogP contribution in [0, 0.1) is 0 Å². The molecule has 0 aliphatic rings. The first-order valence-corrected chi connectivity index (χ1v) is 18.1. The molecule has 0 rings (SSSR count). The summed E-state index contributed by atoms with van der Waals surface area (Å²) in [5.74, 6) is -0.306. The number of unbranched alkanes of at least 4 members (excludes halogenated alkanes) is 28. The van der Waals surface area contributed by atoms with Gasteiger partial charge in [0.2, 0.25) is 11.8 Å². The average Bonchev–Trinajstić information content (AvgIpc) is 2.93. The molecule has 0 fully saturated rings. The lowest BCUT2D eigenvalue weighted by molar-refractivity contribution is -0.119. The fourth-order valence-corrected chi connectivity index (χ4v) is 5.34. The van der Waals surface area contributed by atoms with E-state index >= 15 is 0 Å². The van der Waals surface area contributed by atoms with Gasteiger partial charge in [0.25, 0.3) is 0 Å². The zero-order valence-corrected chi connectivity index (χ0v) is 28.1. The molecular formula is C36H76N2O3. The van der Waals surface area contributed by atoms with E-state index in [9.17, 15) is 9.59 Å². The van der Waals surface area contributed by atoms with Crippen LogP contribution in [-0.4, -0.2) is 17.3 Å². The van der Waals surface area contributed by atoms with Gasteiger partial charge in [-0.1, -0.05) is 194 Å². The predicted molar refractivity (Wildman–Crippen MR) is 181 cm³/mol. The summed E-state index contributed by atoms with van der Waals surface area (Å²) in [6.45, 7) is 4.55. The van der Waals surface area contributed by atoms with Crippen molar-refractivity contribution in [2.75, 3.05) is 0 Å². The smallest absolute Gasteiger partial charge is 0.217 e. The zero-order valence-electron chi connectivity index (χ0n) is 28.1. The molecule has 0 atom stereocenters. The molecule has 0 aromatic heterocycles. The second-order valence-corrected chi connectivity index (χ2v) is 12.3. The van der Waals surface area contributed by atoms with E-state index in [4.69, 9.17) is 11.5 Å². The molecule has 0 aliphatic carbocycles. The zero-order chi connectivity index (χ0) is 29.8. The van der Waals surface area contributed by atoms with Gasteiger partial charge in [0.05, 0.1) is 0 Å². The van der Waals surface area contributed by atoms with E-state index in [0.29, 0.717) is 12.8 Å². The third-order valence-electron chi connectivity index (χ3n) is 8.05. The highest BCUT2D eigenvalue weighted by atomic mass is 16.1. The largest absolute Gasteiger partial charge is 0.412 e. The molecule has 0 aromatic rings. The Morgan fingerprint density at radius 3 is 0.610 bits per heavy atom. The van der Waals surface area contributed by atoms with Gasteiger partial charge in [0.1, 0.15) is 0 Å². The minimum Gasteiger partial charge on any atom is -0.412 e. The summed E-state index contributed by atoms with van der Waals surface area (Å²) >= 11 is 0. The van der Waals surface area contributed by atoms with Gasteiger partial charge >= 0.3 is 0 Å². The lowest BCUT2D eigenvalue weighted by Gasteiger charge is -2.03. The van der Waals surface area contributed by atoms with E-state index < -0.39 is 0 Å². The third kappa shape index (κ3) is 48.9. The summed E-state index contributed by atoms with van der Waals surface area (Å²) in [5, 5.41) is 0. The maximum Gasteiger partial charge on any atom is 0.217 e. The molecular weight excluding hydrogens is 508 g/mol. The maximum atomic E-state index is 10.6. The van der Waals surface area contributed by atoms with Gasteiger partial charge in [-0.05, 0) is 12.8 Å². The number of hydrogen-bond acceptors (Lipinski definition) is 2. The summed E-state index contributed by atoms with van der Waals surface area (Å²) in [6, 6.07) is 0. The standard InChI is InChI=1S/2C18H37NO.H2O/c2*1-2-3-4-5-6-7-8-9-10-11-12-13-14-15-16-17-18(19)20;/h2*2-17H2,1H3,(H2,19,20);1H2. The van der Waals surface area contributed by atoms with E-state index in [-0.39, 0.29) is 17.3 Å². The molecule has 6 N–H and O–H groups in total. The molecule has 2 amide bonds. The number of amides is 2. The molecule has 0 unspecified atom stereocenters. The highest BCUT2D eigenvalue weighted by Gasteiger charge is 1.97. The minimum absolute atomic E-state index is 0. The normalized spacial score (nSPS) is 10.6. The summed E-state index contributed by atoms with van der Waals surface area (Å²) in [4.78, 5) is 21.1. The Kier molecular flexibility index (Phi) is 44.4. The van der Waals surface area contributed by atoms with E-state index in [1.807, 2.05) is 0 Å². The Labute approximate surface area is 257 Å². The molecule has 0 radical (unpaired) electrons. The molecule has 0 spiro atoms. The van der Waals surface area contributed by atoms with Crippen LogP contribution in [0.4, 0.5) is 0 Å². The maximum absolute atomic E-state index is 10.6. The quantitative estimate of drug-likeness (QED) is 0.0765. The van der Waals surface area contributed by atoms with Crippen molar-refractivity contribution in [3.8, 4) is 0 Å². The number of carbonyl (C=O) groups is 2. The highest BCUT2D eigenvalue weighted by Crippen LogP contribution is 2.15. The second-order valence-electron chi connectivity index (χ2n) is 12.3. The lowest BCUT2D eigenvalue weighted by atomic mass is 10.0. The third-order valence-corrected chi connectivity index (χ3v) is 8.05. The van der Waals surface area contributed by atoms with E-state index in [1.165, 1.54) is 180 Å². The Morgan fingerprint density at radius 1 is 0.317 bits per heavy atom. The van der Waals surface area contributed by atoms with Gasteiger partial charge in [0.15, 0.2) is 0 Å². The SMILES string of the molecule is CCCCCCCCCCCCCCCCCC(N)=O.CCCCCCCCCCCCCCCCCC(N)=O.O. The molecule has 5 heteroatoms. The van der Waals surface area contributed by atoms with Gasteiger partial charge in [0, 0.05) is 12.8 Å². The van der Waals surface area contributed by atoms with Crippen LogP contribution < -0.4 is 11.5 Å². The van der Waals surface area contributed by atoms with Crippen molar-refractivity contribution in [2.24, 2.45) is 11.5 Å². The van der Waals surface area contributed by atoms with Crippen LogP contribution in [0.25, 0.3) is 0 Å². The van der Waals surface area contributed by atoms with E-state index in [0.717, 1.165) is 12.8 Å². The summed E-state index contributed by atoms with van der Waals surface area (Å²) < 4.78 is 0. The first-order valence-electron chi connectivity index (χ1n) is 18.1. The Bertz CT molecular complexity index is 455. The van der Waals surface area contributed by atoms with Crippen molar-refractivity contribution in [3.63, 3.8) is 0 Å². The predicted octanol–water partition coefficient (Wildman–Crippen LogP) is 10.6. The number of primary amides is 2. The van der Waals surface area contributed by atoms with Crippen molar-refractivity contribution in [3.05, 3.63) is 0 Å². The highest BCUT2D eigenvalue weighted by molar-refractivity contribution is 5.73. The van der Waals surface area contributed by atoms with Crippen molar-refractivity contribution in [1.82, 2.24) is 0 Å². The van der Waals surface area contributed by atoms with Crippen LogP contribution in [0.1, 0.15) is 219 Å². The van der Waals surface area contributed by atoms with E-state index in [2.05, 4.69) is 13.8 Å². The fraction of sp³-hybridized carbons (Fsp3) is 0.944. The van der Waals surface area contributed by atoms with Gasteiger partial charge in [-0.15, -0.1) is 0 Å². The topological polar surface area (TPSA) is 118 Å². The molecule has 0 bridgehead atoms. The van der Waals surface area contributed by atoms with Crippen molar-refractivity contribution < 1.29 is 15.1 Å². The summed E-state index contributed by atoms with van der Waals surface area (Å²) in [7, 11) is 0. The molecule has 0 aromatic carbocycles. The number of nitrogens with two attached hydrogens (primary N) is 2. The van der Waals surface area contributed by atoms with Gasteiger partial charge < -0.3 is 16.9 Å². The van der Waals surface area contributed by atoms with Crippen molar-refractivity contribution in [1.29, 1.82) is 0 Å². The molecule has 0 aliphatic heterocycles. The molecule has 0 saturated carbocycles. The lowest BCUT2D eigenvalue weighted by Crippen LogP contribution is -2.09. The summed E-state index contributed by atoms with van der Waals surface area (Å²) in [6.07, 6.45) is 41.8. The number of rotatable bonds is 32. The first kappa shape index (κ1) is 44.3. The second kappa shape index (κ2) is 41.0. The van der Waals surface area contributed by atoms with Crippen molar-refractivity contribution in [2.45, 2.75) is 219 Å². The van der Waals surface area contributed by atoms with Gasteiger partial charge in [-0.3, -0.25) is 9.59 Å². The van der Waals surface area contributed by atoms with E-state index in [1.54, 1.807) is 0 Å². The monoisotopic (exact) mass is 585 g/mol. The van der Waals surface area contributed by atoms with Crippen LogP contribution >= 0.6 is 0 Å². The Hall–Kier alpha value is -1.10. The first-order chi connectivity index (χ1) is 19.5. The van der Waals surface area contributed by atoms with Crippen molar-refractivity contribution >= 4 is 11.8 Å².